The number of benzene rings is 1. The topological polar surface area (TPSA) is 46.5 Å². The monoisotopic (exact) mass is 440 g/mol. The third-order valence-corrected chi connectivity index (χ3v) is 5.80. The molecule has 4 heteroatoms. The quantitative estimate of drug-likeness (QED) is 0.266. The number of hydrogen-bond donors (Lipinski definition) is 1. The van der Waals surface area contributed by atoms with Crippen LogP contribution in [0.2, 0.25) is 0 Å². The fourth-order valence-electron chi connectivity index (χ4n) is 3.59. The summed E-state index contributed by atoms with van der Waals surface area (Å²) in [5.41, 5.74) is 1.16. The molecule has 0 bridgehead atoms. The van der Waals surface area contributed by atoms with E-state index in [9.17, 15) is 9.90 Å². The second-order valence-corrected chi connectivity index (χ2v) is 8.26. The van der Waals surface area contributed by atoms with E-state index in [1.807, 2.05) is 0 Å². The van der Waals surface area contributed by atoms with E-state index in [1.165, 1.54) is 70.6 Å². The summed E-state index contributed by atoms with van der Waals surface area (Å²) in [7, 11) is 1.60. The molecule has 0 radical (unpaired) electrons. The van der Waals surface area contributed by atoms with Crippen LogP contribution in [0.15, 0.2) is 16.6 Å². The molecular weight excluding hydrogens is 404 g/mol. The maximum absolute atomic E-state index is 11.5. The van der Waals surface area contributed by atoms with Crippen molar-refractivity contribution in [3.63, 3.8) is 0 Å². The van der Waals surface area contributed by atoms with Gasteiger partial charge in [-0.15, -0.1) is 0 Å². The summed E-state index contributed by atoms with van der Waals surface area (Å²) in [4.78, 5) is 11.5. The second kappa shape index (κ2) is 15.0. The van der Waals surface area contributed by atoms with Crippen molar-refractivity contribution < 1.29 is 14.6 Å². The molecule has 0 saturated heterocycles. The Morgan fingerprint density at radius 2 is 1.37 bits per heavy atom. The van der Waals surface area contributed by atoms with Gasteiger partial charge in [0.15, 0.2) is 0 Å². The SMILES string of the molecule is CCCCCCCCCCCCCCCc1c(C(=O)O)ccc(Br)c1OC. The number of halogens is 1. The van der Waals surface area contributed by atoms with Gasteiger partial charge in [-0.25, -0.2) is 4.79 Å². The lowest BCUT2D eigenvalue weighted by Crippen LogP contribution is -2.05. The fraction of sp³-hybridized carbons (Fsp3) is 0.696. The minimum atomic E-state index is -0.884. The number of carboxylic acids is 1. The van der Waals surface area contributed by atoms with E-state index in [-0.39, 0.29) is 0 Å². The number of aromatic carboxylic acids is 1. The first-order valence-corrected chi connectivity index (χ1v) is 11.5. The maximum atomic E-state index is 11.5. The van der Waals surface area contributed by atoms with E-state index in [4.69, 9.17) is 4.74 Å². The first-order valence-electron chi connectivity index (χ1n) is 10.7. The number of rotatable bonds is 16. The third kappa shape index (κ3) is 9.64. The zero-order chi connectivity index (χ0) is 19.9. The number of unbranched alkanes of at least 4 members (excludes halogenated alkanes) is 12. The van der Waals surface area contributed by atoms with E-state index < -0.39 is 5.97 Å². The van der Waals surface area contributed by atoms with Gasteiger partial charge in [0, 0.05) is 5.56 Å². The highest BCUT2D eigenvalue weighted by molar-refractivity contribution is 9.10. The van der Waals surface area contributed by atoms with Gasteiger partial charge in [-0.2, -0.15) is 0 Å². The van der Waals surface area contributed by atoms with Gasteiger partial charge in [0.25, 0.3) is 0 Å². The minimum Gasteiger partial charge on any atom is -0.495 e. The number of carbonyl (C=O) groups is 1. The van der Waals surface area contributed by atoms with Crippen molar-refractivity contribution in [2.75, 3.05) is 7.11 Å². The molecular formula is C23H37BrO3. The summed E-state index contributed by atoms with van der Waals surface area (Å²) < 4.78 is 6.24. The smallest absolute Gasteiger partial charge is 0.336 e. The molecule has 27 heavy (non-hydrogen) atoms. The molecule has 3 nitrogen and oxygen atoms in total. The largest absolute Gasteiger partial charge is 0.495 e. The molecule has 154 valence electrons. The molecule has 0 heterocycles. The maximum Gasteiger partial charge on any atom is 0.336 e. The first kappa shape index (κ1) is 24.0. The molecule has 0 aliphatic rings. The Labute approximate surface area is 174 Å². The lowest BCUT2D eigenvalue weighted by molar-refractivity contribution is 0.0695. The molecule has 0 spiro atoms. The average Bonchev–Trinajstić information content (AvgIpc) is 2.65. The highest BCUT2D eigenvalue weighted by Gasteiger charge is 2.17. The lowest BCUT2D eigenvalue weighted by atomic mass is 9.99. The van der Waals surface area contributed by atoms with Crippen molar-refractivity contribution in [2.45, 2.75) is 96.8 Å². The van der Waals surface area contributed by atoms with Crippen LogP contribution in [0.4, 0.5) is 0 Å². The van der Waals surface area contributed by atoms with Gasteiger partial charge >= 0.3 is 5.97 Å². The number of carboxylic acid groups (broad SMARTS) is 1. The second-order valence-electron chi connectivity index (χ2n) is 7.40. The molecule has 0 unspecified atom stereocenters. The minimum absolute atomic E-state index is 0.356. The van der Waals surface area contributed by atoms with Crippen LogP contribution in [0, 0.1) is 0 Å². The van der Waals surface area contributed by atoms with Gasteiger partial charge in [0.1, 0.15) is 5.75 Å². The van der Waals surface area contributed by atoms with Crippen molar-refractivity contribution in [3.8, 4) is 5.75 Å². The van der Waals surface area contributed by atoms with Gasteiger partial charge in [0.05, 0.1) is 17.1 Å². The molecule has 1 rings (SSSR count). The summed E-state index contributed by atoms with van der Waals surface area (Å²) in [6, 6.07) is 3.40. The van der Waals surface area contributed by atoms with E-state index in [1.54, 1.807) is 19.2 Å². The Kier molecular flexibility index (Phi) is 13.3. The number of methoxy groups -OCH3 is 1. The fourth-order valence-corrected chi connectivity index (χ4v) is 4.12. The lowest BCUT2D eigenvalue weighted by Gasteiger charge is -2.13. The van der Waals surface area contributed by atoms with E-state index in [0.717, 1.165) is 29.3 Å². The Balaban J connectivity index is 2.17. The molecule has 0 fully saturated rings. The van der Waals surface area contributed by atoms with Crippen molar-refractivity contribution >= 4 is 21.9 Å². The summed E-state index contributed by atoms with van der Waals surface area (Å²) in [6.07, 6.45) is 17.8. The van der Waals surface area contributed by atoms with Crippen molar-refractivity contribution in [2.24, 2.45) is 0 Å². The van der Waals surface area contributed by atoms with Crippen LogP contribution in [-0.4, -0.2) is 18.2 Å². The van der Waals surface area contributed by atoms with E-state index >= 15 is 0 Å². The summed E-state index contributed by atoms with van der Waals surface area (Å²) in [5.74, 6) is -0.223. The summed E-state index contributed by atoms with van der Waals surface area (Å²) in [5, 5.41) is 9.41. The molecule has 0 atom stereocenters. The summed E-state index contributed by atoms with van der Waals surface area (Å²) >= 11 is 3.45. The van der Waals surface area contributed by atoms with Crippen LogP contribution in [0.5, 0.6) is 5.75 Å². The predicted octanol–water partition coefficient (Wildman–Crippen LogP) is 7.79. The van der Waals surface area contributed by atoms with Gasteiger partial charge in [-0.1, -0.05) is 84.0 Å². The molecule has 1 aromatic rings. The van der Waals surface area contributed by atoms with Crippen LogP contribution >= 0.6 is 15.9 Å². The molecule has 0 amide bonds. The van der Waals surface area contributed by atoms with Gasteiger partial charge < -0.3 is 9.84 Å². The predicted molar refractivity (Wildman–Crippen MR) is 117 cm³/mol. The van der Waals surface area contributed by atoms with E-state index in [2.05, 4.69) is 22.9 Å². The third-order valence-electron chi connectivity index (χ3n) is 5.18. The highest BCUT2D eigenvalue weighted by Crippen LogP contribution is 2.33. The van der Waals surface area contributed by atoms with Gasteiger partial charge in [0.2, 0.25) is 0 Å². The normalized spacial score (nSPS) is 10.9. The van der Waals surface area contributed by atoms with Crippen LogP contribution in [0.1, 0.15) is 106 Å². The van der Waals surface area contributed by atoms with Gasteiger partial charge in [-0.3, -0.25) is 0 Å². The number of hydrogen-bond acceptors (Lipinski definition) is 2. The molecule has 0 aliphatic heterocycles. The Morgan fingerprint density at radius 1 is 0.889 bits per heavy atom. The van der Waals surface area contributed by atoms with Crippen molar-refractivity contribution in [1.29, 1.82) is 0 Å². The molecule has 0 aliphatic carbocycles. The van der Waals surface area contributed by atoms with Crippen LogP contribution in [-0.2, 0) is 6.42 Å². The van der Waals surface area contributed by atoms with Crippen LogP contribution in [0.3, 0.4) is 0 Å². The zero-order valence-electron chi connectivity index (χ0n) is 17.2. The van der Waals surface area contributed by atoms with Crippen LogP contribution in [0.25, 0.3) is 0 Å². The van der Waals surface area contributed by atoms with E-state index in [0.29, 0.717) is 11.3 Å². The zero-order valence-corrected chi connectivity index (χ0v) is 18.8. The molecule has 1 N–H and O–H groups in total. The van der Waals surface area contributed by atoms with Crippen LogP contribution < -0.4 is 4.74 Å². The molecule has 1 aromatic carbocycles. The Bertz CT molecular complexity index is 543. The Morgan fingerprint density at radius 3 is 1.81 bits per heavy atom. The molecule has 0 aromatic heterocycles. The Hall–Kier alpha value is -1.03. The number of ether oxygens (including phenoxy) is 1. The first-order chi connectivity index (χ1) is 13.1. The van der Waals surface area contributed by atoms with Gasteiger partial charge in [-0.05, 0) is 40.9 Å². The molecule has 0 saturated carbocycles. The summed E-state index contributed by atoms with van der Waals surface area (Å²) in [6.45, 7) is 2.26. The van der Waals surface area contributed by atoms with Crippen molar-refractivity contribution in [1.82, 2.24) is 0 Å². The highest BCUT2D eigenvalue weighted by atomic mass is 79.9. The van der Waals surface area contributed by atoms with Crippen molar-refractivity contribution in [3.05, 3.63) is 27.7 Å². The average molecular weight is 441 g/mol. The standard InChI is InChI=1S/C23H37BrO3/c1-3-4-5-6-7-8-9-10-11-12-13-14-15-16-19-20(23(25)26)17-18-21(24)22(19)27-2/h17-18H,3-16H2,1-2H3,(H,25,26).